The molecule has 0 unspecified atom stereocenters. The smallest absolute Gasteiger partial charge is 0.234 e. The van der Waals surface area contributed by atoms with Gasteiger partial charge in [0.1, 0.15) is 5.75 Å². The summed E-state index contributed by atoms with van der Waals surface area (Å²) in [5, 5.41) is 3.71. The van der Waals surface area contributed by atoms with Crippen molar-refractivity contribution in [3.05, 3.63) is 66.5 Å². The monoisotopic (exact) mass is 353 g/mol. The number of rotatable bonds is 6. The number of para-hydroxylation sites is 2. The Morgan fingerprint density at radius 1 is 1.20 bits per heavy atom. The molecule has 5 nitrogen and oxygen atoms in total. The van der Waals surface area contributed by atoms with Gasteiger partial charge < -0.3 is 14.6 Å². The van der Waals surface area contributed by atoms with E-state index in [1.54, 1.807) is 6.20 Å². The van der Waals surface area contributed by atoms with E-state index >= 15 is 0 Å². The molecule has 0 fully saturated rings. The van der Waals surface area contributed by atoms with Gasteiger partial charge in [0.15, 0.2) is 10.9 Å². The molecular formula is C19H19N3O2S. The highest BCUT2D eigenvalue weighted by Gasteiger charge is 2.10. The number of ether oxygens (including phenoxy) is 1. The molecule has 6 heteroatoms. The van der Waals surface area contributed by atoms with Crippen LogP contribution in [0, 0.1) is 6.92 Å². The first kappa shape index (κ1) is 17.1. The number of nitrogens with one attached hydrogen (secondary N) is 1. The van der Waals surface area contributed by atoms with Gasteiger partial charge in [0.05, 0.1) is 11.4 Å². The van der Waals surface area contributed by atoms with Crippen molar-refractivity contribution in [1.82, 2.24) is 9.55 Å². The Morgan fingerprint density at radius 2 is 1.96 bits per heavy atom. The Labute approximate surface area is 151 Å². The normalized spacial score (nSPS) is 10.5. The molecule has 2 aromatic carbocycles. The van der Waals surface area contributed by atoms with Gasteiger partial charge in [0.25, 0.3) is 0 Å². The van der Waals surface area contributed by atoms with Crippen LogP contribution in [-0.4, -0.2) is 21.2 Å². The largest absolute Gasteiger partial charge is 0.455 e. The lowest BCUT2D eigenvalue weighted by Crippen LogP contribution is -2.15. The first-order chi connectivity index (χ1) is 12.1. The molecule has 3 rings (SSSR count). The molecule has 0 bridgehead atoms. The lowest BCUT2D eigenvalue weighted by atomic mass is 10.2. The Kier molecular flexibility index (Phi) is 5.40. The van der Waals surface area contributed by atoms with Crippen molar-refractivity contribution >= 4 is 23.4 Å². The maximum absolute atomic E-state index is 12.2. The lowest BCUT2D eigenvalue weighted by molar-refractivity contribution is -0.113. The van der Waals surface area contributed by atoms with E-state index < -0.39 is 0 Å². The molecule has 0 aliphatic heterocycles. The average molecular weight is 353 g/mol. The van der Waals surface area contributed by atoms with E-state index in [1.165, 1.54) is 17.3 Å². The molecule has 128 valence electrons. The average Bonchev–Trinajstić information content (AvgIpc) is 3.02. The fraction of sp³-hybridized carbons (Fsp3) is 0.158. The van der Waals surface area contributed by atoms with E-state index in [4.69, 9.17) is 4.74 Å². The summed E-state index contributed by atoms with van der Waals surface area (Å²) in [4.78, 5) is 16.4. The minimum absolute atomic E-state index is 0.104. The molecule has 1 heterocycles. The van der Waals surface area contributed by atoms with Gasteiger partial charge in [0.2, 0.25) is 5.91 Å². The molecule has 0 saturated heterocycles. The Balaban J connectivity index is 1.65. The molecule has 1 amide bonds. The van der Waals surface area contributed by atoms with Gasteiger partial charge in [-0.3, -0.25) is 4.79 Å². The predicted octanol–water partition coefficient (Wildman–Crippen LogP) is 4.25. The number of hydrogen-bond donors (Lipinski definition) is 1. The molecule has 0 saturated carbocycles. The first-order valence-corrected chi connectivity index (χ1v) is 8.84. The zero-order valence-electron chi connectivity index (χ0n) is 14.1. The minimum Gasteiger partial charge on any atom is -0.455 e. The second-order valence-electron chi connectivity index (χ2n) is 5.57. The van der Waals surface area contributed by atoms with Crippen LogP contribution in [0.4, 0.5) is 5.69 Å². The number of aromatic nitrogens is 2. The fourth-order valence-corrected chi connectivity index (χ4v) is 2.93. The summed E-state index contributed by atoms with van der Waals surface area (Å²) in [6.45, 7) is 2.03. The number of thioether (sulfide) groups is 1. The van der Waals surface area contributed by atoms with Gasteiger partial charge in [-0.05, 0) is 31.2 Å². The SMILES string of the molecule is Cc1ccc(Oc2ccccc2NC(=O)CSc2nccn2C)cc1. The number of nitrogens with zero attached hydrogens (tertiary/aromatic N) is 2. The van der Waals surface area contributed by atoms with Crippen LogP contribution in [0.25, 0.3) is 0 Å². The highest BCUT2D eigenvalue weighted by atomic mass is 32.2. The van der Waals surface area contributed by atoms with Crippen molar-refractivity contribution < 1.29 is 9.53 Å². The highest BCUT2D eigenvalue weighted by molar-refractivity contribution is 7.99. The summed E-state index contributed by atoms with van der Waals surface area (Å²) in [5.74, 6) is 1.52. The van der Waals surface area contributed by atoms with Crippen LogP contribution >= 0.6 is 11.8 Å². The molecule has 0 radical (unpaired) electrons. The van der Waals surface area contributed by atoms with Crippen molar-refractivity contribution in [2.75, 3.05) is 11.1 Å². The van der Waals surface area contributed by atoms with Crippen LogP contribution in [0.3, 0.4) is 0 Å². The first-order valence-electron chi connectivity index (χ1n) is 7.85. The van der Waals surface area contributed by atoms with Crippen LogP contribution in [0.1, 0.15) is 5.56 Å². The second-order valence-corrected chi connectivity index (χ2v) is 6.51. The quantitative estimate of drug-likeness (QED) is 0.673. The molecule has 25 heavy (non-hydrogen) atoms. The number of amides is 1. The van der Waals surface area contributed by atoms with E-state index in [-0.39, 0.29) is 11.7 Å². The number of carbonyl (C=O) groups excluding carboxylic acids is 1. The lowest BCUT2D eigenvalue weighted by Gasteiger charge is -2.12. The maximum atomic E-state index is 12.2. The van der Waals surface area contributed by atoms with Crippen LogP contribution < -0.4 is 10.1 Å². The molecular weight excluding hydrogens is 334 g/mol. The molecule has 0 aliphatic carbocycles. The summed E-state index contributed by atoms with van der Waals surface area (Å²) < 4.78 is 7.78. The van der Waals surface area contributed by atoms with E-state index in [2.05, 4.69) is 10.3 Å². The molecule has 1 N–H and O–H groups in total. The predicted molar refractivity (Wildman–Crippen MR) is 100 cm³/mol. The second kappa shape index (κ2) is 7.90. The number of benzene rings is 2. The minimum atomic E-state index is -0.104. The van der Waals surface area contributed by atoms with Crippen molar-refractivity contribution in [1.29, 1.82) is 0 Å². The van der Waals surface area contributed by atoms with Crippen molar-refractivity contribution in [2.24, 2.45) is 7.05 Å². The van der Waals surface area contributed by atoms with Gasteiger partial charge in [-0.25, -0.2) is 4.98 Å². The van der Waals surface area contributed by atoms with Crippen LogP contribution in [0.2, 0.25) is 0 Å². The zero-order valence-corrected chi connectivity index (χ0v) is 14.9. The van der Waals surface area contributed by atoms with Gasteiger partial charge >= 0.3 is 0 Å². The number of hydrogen-bond acceptors (Lipinski definition) is 4. The zero-order chi connectivity index (χ0) is 17.6. The van der Waals surface area contributed by atoms with Crippen molar-refractivity contribution in [3.8, 4) is 11.5 Å². The molecule has 1 aromatic heterocycles. The third kappa shape index (κ3) is 4.64. The molecule has 0 spiro atoms. The van der Waals surface area contributed by atoms with Crippen LogP contribution in [0.15, 0.2) is 66.1 Å². The summed E-state index contributed by atoms with van der Waals surface area (Å²) in [6, 6.07) is 15.2. The van der Waals surface area contributed by atoms with E-state index in [0.29, 0.717) is 11.4 Å². The highest BCUT2D eigenvalue weighted by Crippen LogP contribution is 2.29. The Hall–Kier alpha value is -2.73. The molecule has 3 aromatic rings. The maximum Gasteiger partial charge on any atom is 0.234 e. The standard InChI is InChI=1S/C19H19N3O2S/c1-14-7-9-15(10-8-14)24-17-6-4-3-5-16(17)21-18(23)13-25-19-20-11-12-22(19)2/h3-12H,13H2,1-2H3,(H,21,23). The third-order valence-corrected chi connectivity index (χ3v) is 4.58. The fourth-order valence-electron chi connectivity index (χ4n) is 2.20. The van der Waals surface area contributed by atoms with E-state index in [9.17, 15) is 4.79 Å². The molecule has 0 atom stereocenters. The number of imidazole rings is 1. The number of anilines is 1. The van der Waals surface area contributed by atoms with Crippen LogP contribution in [0.5, 0.6) is 11.5 Å². The van der Waals surface area contributed by atoms with Gasteiger partial charge in [-0.2, -0.15) is 0 Å². The summed E-state index contributed by atoms with van der Waals surface area (Å²) in [7, 11) is 1.90. The third-order valence-electron chi connectivity index (χ3n) is 3.52. The number of carbonyl (C=O) groups is 1. The van der Waals surface area contributed by atoms with Gasteiger partial charge in [0, 0.05) is 19.4 Å². The topological polar surface area (TPSA) is 56.1 Å². The summed E-state index contributed by atoms with van der Waals surface area (Å²) in [6.07, 6.45) is 3.57. The van der Waals surface area contributed by atoms with Crippen molar-refractivity contribution in [3.63, 3.8) is 0 Å². The summed E-state index contributed by atoms with van der Waals surface area (Å²) >= 11 is 1.39. The Bertz CT molecular complexity index is 859. The van der Waals surface area contributed by atoms with Crippen molar-refractivity contribution in [2.45, 2.75) is 12.1 Å². The van der Waals surface area contributed by atoms with E-state index in [1.807, 2.05) is 73.3 Å². The molecule has 0 aliphatic rings. The number of aryl methyl sites for hydroxylation is 2. The Morgan fingerprint density at radius 3 is 2.68 bits per heavy atom. The van der Waals surface area contributed by atoms with Gasteiger partial charge in [-0.15, -0.1) is 0 Å². The van der Waals surface area contributed by atoms with Crippen LogP contribution in [-0.2, 0) is 11.8 Å². The van der Waals surface area contributed by atoms with Gasteiger partial charge in [-0.1, -0.05) is 41.6 Å². The van der Waals surface area contributed by atoms with E-state index in [0.717, 1.165) is 10.9 Å². The summed E-state index contributed by atoms with van der Waals surface area (Å²) in [5.41, 5.74) is 1.81.